The van der Waals surface area contributed by atoms with Crippen LogP contribution in [0.5, 0.6) is 0 Å². The molecule has 1 aromatic carbocycles. The fraction of sp³-hybridized carbons (Fsp3) is 0.571. The van der Waals surface area contributed by atoms with E-state index in [-0.39, 0.29) is 5.69 Å². The summed E-state index contributed by atoms with van der Waals surface area (Å²) in [5, 5.41) is 3.11. The average Bonchev–Trinajstić information content (AvgIpc) is 2.43. The molecule has 0 aliphatic carbocycles. The third-order valence-corrected chi connectivity index (χ3v) is 5.29. The van der Waals surface area contributed by atoms with Crippen LogP contribution in [0.25, 0.3) is 0 Å². The molecule has 118 valence electrons. The zero-order valence-electron chi connectivity index (χ0n) is 12.4. The Morgan fingerprint density at radius 3 is 2.57 bits per heavy atom. The first-order valence-electron chi connectivity index (χ1n) is 7.11. The molecule has 1 heterocycles. The van der Waals surface area contributed by atoms with Gasteiger partial charge in [-0.2, -0.15) is 12.7 Å². The lowest BCUT2D eigenvalue weighted by atomic mass is 9.98. The third kappa shape index (κ3) is 4.15. The summed E-state index contributed by atoms with van der Waals surface area (Å²) in [5.41, 5.74) is 0.751. The van der Waals surface area contributed by atoms with Crippen LogP contribution in [0.4, 0.5) is 10.1 Å². The number of nitrogens with zero attached hydrogens (tertiary/aromatic N) is 1. The topological polar surface area (TPSA) is 61.4 Å². The van der Waals surface area contributed by atoms with Gasteiger partial charge in [-0.15, -0.1) is 0 Å². The first kappa shape index (κ1) is 16.2. The summed E-state index contributed by atoms with van der Waals surface area (Å²) in [6.07, 6.45) is 1.64. The molecule has 0 aromatic heterocycles. The van der Waals surface area contributed by atoms with Gasteiger partial charge in [-0.25, -0.2) is 4.39 Å². The fourth-order valence-electron chi connectivity index (χ4n) is 2.55. The monoisotopic (exact) mass is 315 g/mol. The minimum atomic E-state index is -3.69. The van der Waals surface area contributed by atoms with Gasteiger partial charge < -0.3 is 5.32 Å². The summed E-state index contributed by atoms with van der Waals surface area (Å²) in [5.74, 6) is -0.0544. The van der Waals surface area contributed by atoms with Crippen LogP contribution in [0, 0.1) is 18.7 Å². The van der Waals surface area contributed by atoms with Gasteiger partial charge in [0.1, 0.15) is 5.82 Å². The Kier molecular flexibility index (Phi) is 5.18. The van der Waals surface area contributed by atoms with Crippen LogP contribution < -0.4 is 10.0 Å². The maximum Gasteiger partial charge on any atom is 0.301 e. The van der Waals surface area contributed by atoms with Crippen molar-refractivity contribution in [2.24, 2.45) is 5.92 Å². The highest BCUT2D eigenvalue weighted by atomic mass is 32.2. The fourth-order valence-corrected chi connectivity index (χ4v) is 3.81. The van der Waals surface area contributed by atoms with Gasteiger partial charge in [0.25, 0.3) is 0 Å². The molecule has 0 saturated carbocycles. The predicted octanol–water partition coefficient (Wildman–Crippen LogP) is 1.72. The van der Waals surface area contributed by atoms with E-state index in [4.69, 9.17) is 0 Å². The standard InChI is InChI=1S/C14H22FN3O2S/c1-11-3-4-14(13(15)9-11)17-21(19,20)18-7-5-12(6-8-18)10-16-2/h3-4,9,12,16-17H,5-8,10H2,1-2H3. The van der Waals surface area contributed by atoms with Crippen molar-refractivity contribution in [1.82, 2.24) is 9.62 Å². The molecule has 1 aromatic rings. The minimum Gasteiger partial charge on any atom is -0.319 e. The second kappa shape index (κ2) is 6.72. The summed E-state index contributed by atoms with van der Waals surface area (Å²) >= 11 is 0. The smallest absolute Gasteiger partial charge is 0.301 e. The lowest BCUT2D eigenvalue weighted by Gasteiger charge is -2.31. The van der Waals surface area contributed by atoms with Gasteiger partial charge in [0.15, 0.2) is 0 Å². The number of aryl methyl sites for hydroxylation is 1. The molecule has 0 bridgehead atoms. The number of hydrogen-bond acceptors (Lipinski definition) is 3. The van der Waals surface area contributed by atoms with E-state index >= 15 is 0 Å². The zero-order valence-corrected chi connectivity index (χ0v) is 13.2. The molecule has 21 heavy (non-hydrogen) atoms. The van der Waals surface area contributed by atoms with Gasteiger partial charge >= 0.3 is 10.2 Å². The second-order valence-corrected chi connectivity index (χ2v) is 7.16. The molecular weight excluding hydrogens is 293 g/mol. The van der Waals surface area contributed by atoms with Gasteiger partial charge in [-0.1, -0.05) is 6.07 Å². The quantitative estimate of drug-likeness (QED) is 0.870. The number of anilines is 1. The number of nitrogens with one attached hydrogen (secondary N) is 2. The van der Waals surface area contributed by atoms with E-state index in [0.717, 1.165) is 24.9 Å². The predicted molar refractivity (Wildman–Crippen MR) is 81.9 cm³/mol. The molecule has 1 fully saturated rings. The zero-order chi connectivity index (χ0) is 15.5. The second-order valence-electron chi connectivity index (χ2n) is 5.49. The molecule has 0 atom stereocenters. The molecule has 0 unspecified atom stereocenters. The third-order valence-electron chi connectivity index (χ3n) is 3.77. The molecule has 2 rings (SSSR count). The molecule has 1 aliphatic heterocycles. The van der Waals surface area contributed by atoms with Crippen LogP contribution in [0.2, 0.25) is 0 Å². The van der Waals surface area contributed by atoms with Gasteiger partial charge in [0, 0.05) is 13.1 Å². The van der Waals surface area contributed by atoms with Crippen molar-refractivity contribution >= 4 is 15.9 Å². The van der Waals surface area contributed by atoms with Gasteiger partial charge in [0.05, 0.1) is 5.69 Å². The Hall–Kier alpha value is -1.18. The van der Waals surface area contributed by atoms with Crippen LogP contribution >= 0.6 is 0 Å². The summed E-state index contributed by atoms with van der Waals surface area (Å²) < 4.78 is 42.1. The lowest BCUT2D eigenvalue weighted by Crippen LogP contribution is -2.43. The Morgan fingerprint density at radius 2 is 2.00 bits per heavy atom. The van der Waals surface area contributed by atoms with Crippen molar-refractivity contribution in [3.8, 4) is 0 Å². The molecule has 1 saturated heterocycles. The summed E-state index contributed by atoms with van der Waals surface area (Å²) in [4.78, 5) is 0. The van der Waals surface area contributed by atoms with Crippen LogP contribution in [0.1, 0.15) is 18.4 Å². The van der Waals surface area contributed by atoms with E-state index in [2.05, 4.69) is 10.0 Å². The molecule has 1 aliphatic rings. The SMILES string of the molecule is CNCC1CCN(S(=O)(=O)Nc2ccc(C)cc2F)CC1. The van der Waals surface area contributed by atoms with Gasteiger partial charge in [-0.3, -0.25) is 4.72 Å². The highest BCUT2D eigenvalue weighted by Gasteiger charge is 2.28. The van der Waals surface area contributed by atoms with E-state index in [1.54, 1.807) is 13.0 Å². The highest BCUT2D eigenvalue weighted by Crippen LogP contribution is 2.22. The van der Waals surface area contributed by atoms with Gasteiger partial charge in [0.2, 0.25) is 0 Å². The van der Waals surface area contributed by atoms with Crippen molar-refractivity contribution in [1.29, 1.82) is 0 Å². The first-order chi connectivity index (χ1) is 9.92. The van der Waals surface area contributed by atoms with E-state index in [1.807, 2.05) is 7.05 Å². The summed E-state index contributed by atoms with van der Waals surface area (Å²) in [6, 6.07) is 4.45. The molecule has 2 N–H and O–H groups in total. The molecular formula is C14H22FN3O2S. The molecule has 0 amide bonds. The maximum atomic E-state index is 13.8. The van der Waals surface area contributed by atoms with Crippen molar-refractivity contribution in [3.63, 3.8) is 0 Å². The van der Waals surface area contributed by atoms with Crippen molar-refractivity contribution in [3.05, 3.63) is 29.6 Å². The van der Waals surface area contributed by atoms with E-state index in [0.29, 0.717) is 19.0 Å². The highest BCUT2D eigenvalue weighted by molar-refractivity contribution is 7.90. The number of hydrogen-bond donors (Lipinski definition) is 2. The first-order valence-corrected chi connectivity index (χ1v) is 8.55. The average molecular weight is 315 g/mol. The number of rotatable bonds is 5. The Bertz CT molecular complexity index is 584. The largest absolute Gasteiger partial charge is 0.319 e. The number of benzene rings is 1. The minimum absolute atomic E-state index is 0.00190. The maximum absolute atomic E-state index is 13.8. The molecule has 5 nitrogen and oxygen atoms in total. The van der Waals surface area contributed by atoms with E-state index in [1.165, 1.54) is 16.4 Å². The lowest BCUT2D eigenvalue weighted by molar-refractivity contribution is 0.272. The van der Waals surface area contributed by atoms with Crippen molar-refractivity contribution in [2.75, 3.05) is 31.4 Å². The number of piperidine rings is 1. The van der Waals surface area contributed by atoms with Crippen LogP contribution in [-0.2, 0) is 10.2 Å². The molecule has 7 heteroatoms. The molecule has 0 spiro atoms. The van der Waals surface area contributed by atoms with Crippen LogP contribution in [0.15, 0.2) is 18.2 Å². The Labute approximate surface area is 125 Å². The van der Waals surface area contributed by atoms with Crippen LogP contribution in [0.3, 0.4) is 0 Å². The van der Waals surface area contributed by atoms with Gasteiger partial charge in [-0.05, 0) is 57.0 Å². The van der Waals surface area contributed by atoms with E-state index in [9.17, 15) is 12.8 Å². The Balaban J connectivity index is 2.02. The summed E-state index contributed by atoms with van der Waals surface area (Å²) in [7, 11) is -1.79. The normalized spacial score (nSPS) is 17.9. The summed E-state index contributed by atoms with van der Waals surface area (Å²) in [6.45, 7) is 3.59. The van der Waals surface area contributed by atoms with Crippen LogP contribution in [-0.4, -0.2) is 39.4 Å². The molecule has 0 radical (unpaired) electrons. The number of halogens is 1. The van der Waals surface area contributed by atoms with Crippen molar-refractivity contribution < 1.29 is 12.8 Å². The van der Waals surface area contributed by atoms with E-state index < -0.39 is 16.0 Å². The Morgan fingerprint density at radius 1 is 1.33 bits per heavy atom. The van der Waals surface area contributed by atoms with Crippen molar-refractivity contribution in [2.45, 2.75) is 19.8 Å².